The van der Waals surface area contributed by atoms with Crippen molar-refractivity contribution in [3.63, 3.8) is 0 Å². The molecule has 2 aromatic rings. The first-order chi connectivity index (χ1) is 14.2. The van der Waals surface area contributed by atoms with Gasteiger partial charge in [-0.15, -0.1) is 0 Å². The average molecular weight is 396 g/mol. The van der Waals surface area contributed by atoms with E-state index in [0.717, 1.165) is 49.4 Å². The van der Waals surface area contributed by atoms with Crippen molar-refractivity contribution in [2.75, 3.05) is 55.7 Å². The molecule has 0 unspecified atom stereocenters. The van der Waals surface area contributed by atoms with Crippen molar-refractivity contribution in [1.29, 1.82) is 0 Å². The second-order valence-corrected chi connectivity index (χ2v) is 7.65. The quantitative estimate of drug-likeness (QED) is 0.775. The van der Waals surface area contributed by atoms with Gasteiger partial charge in [-0.25, -0.2) is 9.97 Å². The largest absolute Gasteiger partial charge is 0.484 e. The number of aromatic nitrogens is 2. The van der Waals surface area contributed by atoms with E-state index in [0.29, 0.717) is 13.1 Å². The highest BCUT2D eigenvalue weighted by atomic mass is 16.5. The molecular weight excluding hydrogens is 366 g/mol. The third kappa shape index (κ3) is 4.96. The van der Waals surface area contributed by atoms with E-state index in [9.17, 15) is 4.79 Å². The van der Waals surface area contributed by atoms with Gasteiger partial charge < -0.3 is 19.4 Å². The number of ether oxygens (including phenoxy) is 1. The number of aryl methyl sites for hydroxylation is 1. The van der Waals surface area contributed by atoms with Crippen molar-refractivity contribution in [3.05, 3.63) is 42.2 Å². The van der Waals surface area contributed by atoms with Gasteiger partial charge in [0.1, 0.15) is 23.2 Å². The molecule has 154 valence electrons. The predicted octanol–water partition coefficient (Wildman–Crippen LogP) is 2.50. The van der Waals surface area contributed by atoms with E-state index in [2.05, 4.69) is 25.8 Å². The van der Waals surface area contributed by atoms with E-state index in [1.165, 1.54) is 19.3 Å². The Morgan fingerprint density at radius 3 is 2.17 bits per heavy atom. The molecule has 0 N–H and O–H groups in total. The summed E-state index contributed by atoms with van der Waals surface area (Å²) in [6.07, 6.45) is 3.76. The minimum atomic E-state index is 0.0291. The Balaban J connectivity index is 1.33. The summed E-state index contributed by atoms with van der Waals surface area (Å²) in [6.45, 7) is 7.07. The molecule has 0 atom stereocenters. The number of benzene rings is 1. The number of anilines is 2. The number of piperidine rings is 1. The van der Waals surface area contributed by atoms with Crippen LogP contribution in [0, 0.1) is 6.92 Å². The van der Waals surface area contributed by atoms with Crippen molar-refractivity contribution in [2.24, 2.45) is 0 Å². The maximum atomic E-state index is 12.5. The molecule has 0 aliphatic carbocycles. The Bertz CT molecular complexity index is 815. The van der Waals surface area contributed by atoms with E-state index in [-0.39, 0.29) is 12.5 Å². The summed E-state index contributed by atoms with van der Waals surface area (Å²) < 4.78 is 5.60. The fourth-order valence-electron chi connectivity index (χ4n) is 3.92. The predicted molar refractivity (Wildman–Crippen MR) is 114 cm³/mol. The van der Waals surface area contributed by atoms with Gasteiger partial charge in [0, 0.05) is 45.3 Å². The third-order valence-corrected chi connectivity index (χ3v) is 5.55. The maximum absolute atomic E-state index is 12.5. The van der Waals surface area contributed by atoms with Crippen molar-refractivity contribution in [2.45, 2.75) is 26.2 Å². The number of amides is 1. The molecule has 7 nitrogen and oxygen atoms in total. The summed E-state index contributed by atoms with van der Waals surface area (Å²) in [7, 11) is 0. The maximum Gasteiger partial charge on any atom is 0.260 e. The molecule has 0 saturated carbocycles. The smallest absolute Gasteiger partial charge is 0.260 e. The molecule has 2 saturated heterocycles. The molecule has 1 aromatic heterocycles. The molecule has 2 aliphatic heterocycles. The number of nitrogens with zero attached hydrogens (tertiary/aromatic N) is 5. The number of piperazine rings is 1. The second kappa shape index (κ2) is 9.11. The van der Waals surface area contributed by atoms with Crippen LogP contribution >= 0.6 is 0 Å². The van der Waals surface area contributed by atoms with E-state index in [1.807, 2.05) is 42.2 Å². The van der Waals surface area contributed by atoms with E-state index >= 15 is 0 Å². The Hall–Kier alpha value is -2.83. The first-order valence-corrected chi connectivity index (χ1v) is 10.5. The van der Waals surface area contributed by atoms with Gasteiger partial charge in [0.2, 0.25) is 0 Å². The molecule has 2 aliphatic rings. The van der Waals surface area contributed by atoms with Gasteiger partial charge in [0.05, 0.1) is 0 Å². The summed E-state index contributed by atoms with van der Waals surface area (Å²) >= 11 is 0. The Morgan fingerprint density at radius 1 is 0.897 bits per heavy atom. The van der Waals surface area contributed by atoms with Gasteiger partial charge in [-0.05, 0) is 38.3 Å². The molecule has 0 radical (unpaired) electrons. The Kier molecular flexibility index (Phi) is 6.12. The highest BCUT2D eigenvalue weighted by Crippen LogP contribution is 2.23. The number of hydrogen-bond acceptors (Lipinski definition) is 6. The van der Waals surface area contributed by atoms with Crippen LogP contribution in [0.1, 0.15) is 25.1 Å². The first kappa shape index (κ1) is 19.5. The number of carbonyl (C=O) groups is 1. The van der Waals surface area contributed by atoms with Crippen LogP contribution in [-0.4, -0.2) is 66.7 Å². The van der Waals surface area contributed by atoms with E-state index < -0.39 is 0 Å². The van der Waals surface area contributed by atoms with Crippen molar-refractivity contribution in [1.82, 2.24) is 14.9 Å². The van der Waals surface area contributed by atoms with Gasteiger partial charge in [-0.3, -0.25) is 4.79 Å². The lowest BCUT2D eigenvalue weighted by Gasteiger charge is -2.36. The molecule has 0 spiro atoms. The number of rotatable bonds is 5. The van der Waals surface area contributed by atoms with Gasteiger partial charge >= 0.3 is 0 Å². The van der Waals surface area contributed by atoms with Gasteiger partial charge in [0.25, 0.3) is 5.91 Å². The van der Waals surface area contributed by atoms with Crippen LogP contribution in [0.3, 0.4) is 0 Å². The van der Waals surface area contributed by atoms with E-state index in [1.54, 1.807) is 0 Å². The zero-order valence-corrected chi connectivity index (χ0v) is 17.1. The number of para-hydroxylation sites is 1. The number of hydrogen-bond donors (Lipinski definition) is 0. The fourth-order valence-corrected chi connectivity index (χ4v) is 3.92. The topological polar surface area (TPSA) is 61.8 Å². The van der Waals surface area contributed by atoms with Crippen LogP contribution in [0.4, 0.5) is 11.6 Å². The summed E-state index contributed by atoms with van der Waals surface area (Å²) in [4.78, 5) is 28.3. The van der Waals surface area contributed by atoms with Crippen LogP contribution in [0.2, 0.25) is 0 Å². The standard InChI is InChI=1S/C22H29N5O2/c1-18-23-20(25-10-6-3-7-11-25)16-21(24-18)26-12-14-27(15-13-26)22(28)17-29-19-8-4-2-5-9-19/h2,4-5,8-9,16H,3,6-7,10-15,17H2,1H3. The summed E-state index contributed by atoms with van der Waals surface area (Å²) in [6, 6.07) is 11.6. The summed E-state index contributed by atoms with van der Waals surface area (Å²) in [5, 5.41) is 0. The van der Waals surface area contributed by atoms with Crippen molar-refractivity contribution >= 4 is 17.5 Å². The zero-order chi connectivity index (χ0) is 20.1. The van der Waals surface area contributed by atoms with E-state index in [4.69, 9.17) is 4.74 Å². The van der Waals surface area contributed by atoms with Crippen molar-refractivity contribution in [3.8, 4) is 5.75 Å². The normalized spacial score (nSPS) is 17.3. The van der Waals surface area contributed by atoms with Gasteiger partial charge in [-0.2, -0.15) is 0 Å². The monoisotopic (exact) mass is 395 g/mol. The molecule has 2 fully saturated rings. The molecule has 1 amide bonds. The van der Waals surface area contributed by atoms with Crippen LogP contribution in [0.15, 0.2) is 36.4 Å². The fraction of sp³-hybridized carbons (Fsp3) is 0.500. The van der Waals surface area contributed by atoms with Gasteiger partial charge in [-0.1, -0.05) is 18.2 Å². The molecule has 29 heavy (non-hydrogen) atoms. The lowest BCUT2D eigenvalue weighted by atomic mass is 10.1. The van der Waals surface area contributed by atoms with Crippen molar-refractivity contribution < 1.29 is 9.53 Å². The van der Waals surface area contributed by atoms with Gasteiger partial charge in [0.15, 0.2) is 6.61 Å². The highest BCUT2D eigenvalue weighted by Gasteiger charge is 2.23. The van der Waals surface area contributed by atoms with Crippen LogP contribution in [0.25, 0.3) is 0 Å². The minimum Gasteiger partial charge on any atom is -0.484 e. The Morgan fingerprint density at radius 2 is 1.52 bits per heavy atom. The summed E-state index contributed by atoms with van der Waals surface area (Å²) in [5.41, 5.74) is 0. The molecule has 1 aromatic carbocycles. The SMILES string of the molecule is Cc1nc(N2CCCCC2)cc(N2CCN(C(=O)COc3ccccc3)CC2)n1. The Labute approximate surface area is 172 Å². The van der Waals surface area contributed by atoms with Crippen LogP contribution in [-0.2, 0) is 4.79 Å². The van der Waals surface area contributed by atoms with Crippen LogP contribution in [0.5, 0.6) is 5.75 Å². The second-order valence-electron chi connectivity index (χ2n) is 7.65. The highest BCUT2D eigenvalue weighted by molar-refractivity contribution is 5.78. The number of carbonyl (C=O) groups excluding carboxylic acids is 1. The third-order valence-electron chi connectivity index (χ3n) is 5.55. The molecular formula is C22H29N5O2. The molecule has 4 rings (SSSR count). The lowest BCUT2D eigenvalue weighted by Crippen LogP contribution is -2.50. The summed E-state index contributed by atoms with van der Waals surface area (Å²) in [5.74, 6) is 3.55. The zero-order valence-electron chi connectivity index (χ0n) is 17.1. The first-order valence-electron chi connectivity index (χ1n) is 10.5. The lowest BCUT2D eigenvalue weighted by molar-refractivity contribution is -0.133. The van der Waals surface area contributed by atoms with Crippen LogP contribution < -0.4 is 14.5 Å². The molecule has 0 bridgehead atoms. The minimum absolute atomic E-state index is 0.0291. The molecule has 3 heterocycles. The molecule has 7 heteroatoms. The average Bonchev–Trinajstić information content (AvgIpc) is 2.78.